The Labute approximate surface area is 99.8 Å². The molecule has 0 aliphatic rings. The van der Waals surface area contributed by atoms with E-state index in [1.165, 1.54) is 6.20 Å². The molecule has 1 N–H and O–H groups in total. The molecule has 0 amide bonds. The third-order valence-electron chi connectivity index (χ3n) is 1.88. The second kappa shape index (κ2) is 4.74. The van der Waals surface area contributed by atoms with Gasteiger partial charge in [0.15, 0.2) is 5.76 Å². The van der Waals surface area contributed by atoms with Crippen LogP contribution in [0.5, 0.6) is 0 Å². The van der Waals surface area contributed by atoms with Gasteiger partial charge < -0.3 is 9.84 Å². The molecule has 0 aliphatic carbocycles. The van der Waals surface area contributed by atoms with E-state index in [1.807, 2.05) is 0 Å². The molecule has 2 aromatic rings. The van der Waals surface area contributed by atoms with Crippen LogP contribution in [0.15, 0.2) is 23.1 Å². The van der Waals surface area contributed by atoms with Crippen LogP contribution in [-0.2, 0) is 6.54 Å². The summed E-state index contributed by atoms with van der Waals surface area (Å²) < 4.78 is 4.83. The molecule has 8 nitrogen and oxygen atoms in total. The van der Waals surface area contributed by atoms with Gasteiger partial charge in [-0.3, -0.25) is 10.1 Å². The predicted octanol–water partition coefficient (Wildman–Crippen LogP) is 1.64. The largest absolute Gasteiger partial charge is 0.360 e. The van der Waals surface area contributed by atoms with Gasteiger partial charge in [-0.25, -0.2) is 9.97 Å². The highest BCUT2D eigenvalue weighted by atomic mass is 35.5. The Morgan fingerprint density at radius 3 is 3.00 bits per heavy atom. The SMILES string of the molecule is O=[N+]([O-])c1c(Cl)ncnc1NCc1ccno1. The predicted molar refractivity (Wildman–Crippen MR) is 57.5 cm³/mol. The normalized spacial score (nSPS) is 10.2. The van der Waals surface area contributed by atoms with Crippen LogP contribution in [0.25, 0.3) is 0 Å². The van der Waals surface area contributed by atoms with Crippen molar-refractivity contribution in [2.45, 2.75) is 6.54 Å². The number of hydrogen-bond acceptors (Lipinski definition) is 7. The summed E-state index contributed by atoms with van der Waals surface area (Å²) in [6.07, 6.45) is 2.61. The molecule has 0 aromatic carbocycles. The van der Waals surface area contributed by atoms with Crippen molar-refractivity contribution in [2.24, 2.45) is 0 Å². The molecule has 2 rings (SSSR count). The van der Waals surface area contributed by atoms with Gasteiger partial charge in [0, 0.05) is 6.07 Å². The highest BCUT2D eigenvalue weighted by Crippen LogP contribution is 2.28. The van der Waals surface area contributed by atoms with Crippen LogP contribution in [0, 0.1) is 10.1 Å². The number of nitrogens with zero attached hydrogens (tertiary/aromatic N) is 4. The lowest BCUT2D eigenvalue weighted by atomic mass is 10.4. The molecule has 0 bridgehead atoms. The van der Waals surface area contributed by atoms with Crippen LogP contribution in [0.1, 0.15) is 5.76 Å². The highest BCUT2D eigenvalue weighted by molar-refractivity contribution is 6.31. The molecular formula is C8H6ClN5O3. The molecule has 0 saturated carbocycles. The summed E-state index contributed by atoms with van der Waals surface area (Å²) in [4.78, 5) is 17.4. The van der Waals surface area contributed by atoms with Crippen LogP contribution >= 0.6 is 11.6 Å². The Bertz CT molecular complexity index is 530. The fourth-order valence-electron chi connectivity index (χ4n) is 1.15. The lowest BCUT2D eigenvalue weighted by Crippen LogP contribution is -2.05. The zero-order valence-corrected chi connectivity index (χ0v) is 9.09. The fourth-order valence-corrected chi connectivity index (χ4v) is 1.35. The van der Waals surface area contributed by atoms with Gasteiger partial charge in [-0.15, -0.1) is 0 Å². The molecule has 2 heterocycles. The van der Waals surface area contributed by atoms with Crippen molar-refractivity contribution in [1.82, 2.24) is 15.1 Å². The highest BCUT2D eigenvalue weighted by Gasteiger charge is 2.21. The average Bonchev–Trinajstić information content (AvgIpc) is 2.78. The van der Waals surface area contributed by atoms with Gasteiger partial charge in [0.25, 0.3) is 0 Å². The second-order valence-electron chi connectivity index (χ2n) is 2.95. The van der Waals surface area contributed by atoms with E-state index in [-0.39, 0.29) is 23.2 Å². The van der Waals surface area contributed by atoms with Crippen molar-refractivity contribution in [1.29, 1.82) is 0 Å². The van der Waals surface area contributed by atoms with Crippen LogP contribution in [0.2, 0.25) is 5.15 Å². The maximum Gasteiger partial charge on any atom is 0.348 e. The lowest BCUT2D eigenvalue weighted by molar-refractivity contribution is -0.384. The van der Waals surface area contributed by atoms with Crippen LogP contribution in [-0.4, -0.2) is 20.0 Å². The molecule has 0 unspecified atom stereocenters. The van der Waals surface area contributed by atoms with Gasteiger partial charge in [-0.1, -0.05) is 16.8 Å². The number of anilines is 1. The topological polar surface area (TPSA) is 107 Å². The molecule has 17 heavy (non-hydrogen) atoms. The smallest absolute Gasteiger partial charge is 0.348 e. The first-order chi connectivity index (χ1) is 8.18. The van der Waals surface area contributed by atoms with Gasteiger partial charge in [-0.05, 0) is 0 Å². The average molecular weight is 256 g/mol. The van der Waals surface area contributed by atoms with Crippen molar-refractivity contribution in [3.05, 3.63) is 39.6 Å². The third kappa shape index (κ3) is 2.48. The molecule has 0 atom stereocenters. The van der Waals surface area contributed by atoms with Gasteiger partial charge in [0.2, 0.25) is 11.0 Å². The zero-order chi connectivity index (χ0) is 12.3. The summed E-state index contributed by atoms with van der Waals surface area (Å²) in [5, 5.41) is 16.8. The first-order valence-electron chi connectivity index (χ1n) is 4.47. The van der Waals surface area contributed by atoms with Crippen molar-refractivity contribution in [2.75, 3.05) is 5.32 Å². The summed E-state index contributed by atoms with van der Waals surface area (Å²) in [5.74, 6) is 0.556. The summed E-state index contributed by atoms with van der Waals surface area (Å²) in [5.41, 5.74) is -0.367. The summed E-state index contributed by atoms with van der Waals surface area (Å²) in [6, 6.07) is 1.63. The van der Waals surface area contributed by atoms with Crippen molar-refractivity contribution in [3.63, 3.8) is 0 Å². The fraction of sp³-hybridized carbons (Fsp3) is 0.125. The molecule has 0 spiro atoms. The minimum absolute atomic E-state index is 0.0337. The monoisotopic (exact) mass is 255 g/mol. The number of aromatic nitrogens is 3. The molecule has 88 valence electrons. The van der Waals surface area contributed by atoms with Gasteiger partial charge in [0.1, 0.15) is 6.33 Å². The molecule has 0 saturated heterocycles. The number of rotatable bonds is 4. The Hall–Kier alpha value is -2.22. The molecule has 0 fully saturated rings. The van der Waals surface area contributed by atoms with Gasteiger partial charge in [0.05, 0.1) is 17.7 Å². The number of hydrogen-bond donors (Lipinski definition) is 1. The van der Waals surface area contributed by atoms with Crippen molar-refractivity contribution < 1.29 is 9.45 Å². The first-order valence-corrected chi connectivity index (χ1v) is 4.84. The standard InChI is InChI=1S/C8H6ClN5O3/c9-7-6(14(15)16)8(12-4-11-7)10-3-5-1-2-13-17-5/h1-2,4H,3H2,(H,10,11,12). The molecule has 2 aromatic heterocycles. The summed E-state index contributed by atoms with van der Waals surface area (Å²) >= 11 is 5.62. The Balaban J connectivity index is 2.21. The molecule has 0 aliphatic heterocycles. The quantitative estimate of drug-likeness (QED) is 0.503. The van der Waals surface area contributed by atoms with Crippen LogP contribution in [0.4, 0.5) is 11.5 Å². The third-order valence-corrected chi connectivity index (χ3v) is 2.16. The summed E-state index contributed by atoms with van der Waals surface area (Å²) in [7, 11) is 0. The van der Waals surface area contributed by atoms with E-state index >= 15 is 0 Å². The van der Waals surface area contributed by atoms with Gasteiger partial charge >= 0.3 is 5.69 Å². The minimum Gasteiger partial charge on any atom is -0.360 e. The van der Waals surface area contributed by atoms with E-state index in [9.17, 15) is 10.1 Å². The van der Waals surface area contributed by atoms with Gasteiger partial charge in [-0.2, -0.15) is 0 Å². The maximum absolute atomic E-state index is 10.8. The number of halogens is 1. The van der Waals surface area contributed by atoms with E-state index in [0.717, 1.165) is 6.33 Å². The Kier molecular flexibility index (Phi) is 3.15. The molecular weight excluding hydrogens is 250 g/mol. The summed E-state index contributed by atoms with van der Waals surface area (Å²) in [6.45, 7) is 0.216. The number of nitro groups is 1. The van der Waals surface area contributed by atoms with Crippen LogP contribution in [0.3, 0.4) is 0 Å². The minimum atomic E-state index is -0.648. The maximum atomic E-state index is 10.8. The van der Waals surface area contributed by atoms with E-state index < -0.39 is 4.92 Å². The Morgan fingerprint density at radius 2 is 2.35 bits per heavy atom. The van der Waals surface area contributed by atoms with E-state index in [4.69, 9.17) is 16.1 Å². The molecule has 0 radical (unpaired) electrons. The van der Waals surface area contributed by atoms with E-state index in [1.54, 1.807) is 6.07 Å². The number of nitrogens with one attached hydrogen (secondary N) is 1. The lowest BCUT2D eigenvalue weighted by Gasteiger charge is -2.03. The first kappa shape index (κ1) is 11.3. The Morgan fingerprint density at radius 1 is 1.53 bits per heavy atom. The van der Waals surface area contributed by atoms with Crippen LogP contribution < -0.4 is 5.32 Å². The van der Waals surface area contributed by atoms with Crippen molar-refractivity contribution >= 4 is 23.1 Å². The zero-order valence-electron chi connectivity index (χ0n) is 8.33. The van der Waals surface area contributed by atoms with Crippen molar-refractivity contribution in [3.8, 4) is 0 Å². The van der Waals surface area contributed by atoms with E-state index in [0.29, 0.717) is 5.76 Å². The molecule has 9 heteroatoms. The second-order valence-corrected chi connectivity index (χ2v) is 3.31. The van der Waals surface area contributed by atoms with E-state index in [2.05, 4.69) is 20.4 Å².